The molecule has 1 fully saturated rings. The smallest absolute Gasteiger partial charge is 0.260 e. The van der Waals surface area contributed by atoms with Crippen LogP contribution in [-0.2, 0) is 0 Å². The number of aromatic nitrogens is 2. The van der Waals surface area contributed by atoms with Gasteiger partial charge in [0.25, 0.3) is 5.95 Å². The molecule has 54 valence electrons. The third kappa shape index (κ3) is 0.761. The van der Waals surface area contributed by atoms with Gasteiger partial charge in [-0.25, -0.2) is 0 Å². The van der Waals surface area contributed by atoms with Gasteiger partial charge in [-0.1, -0.05) is 6.42 Å². The maximum atomic E-state index is 5.28. The van der Waals surface area contributed by atoms with Crippen molar-refractivity contribution in [3.63, 3.8) is 0 Å². The second kappa shape index (κ2) is 1.97. The van der Waals surface area contributed by atoms with Gasteiger partial charge in [0.15, 0.2) is 0 Å². The lowest BCUT2D eigenvalue weighted by atomic mass is 9.85. The Morgan fingerprint density at radius 1 is 1.50 bits per heavy atom. The molecule has 4 heteroatoms. The van der Waals surface area contributed by atoms with Crippen LogP contribution in [0.3, 0.4) is 0 Å². The minimum Gasteiger partial charge on any atom is -0.365 e. The van der Waals surface area contributed by atoms with Crippen LogP contribution in [0.25, 0.3) is 0 Å². The summed E-state index contributed by atoms with van der Waals surface area (Å²) in [5, 5.41) is 3.51. The molecule has 0 aromatic carbocycles. The van der Waals surface area contributed by atoms with Crippen molar-refractivity contribution < 1.29 is 4.52 Å². The number of rotatable bonds is 1. The monoisotopic (exact) mass is 139 g/mol. The maximum absolute atomic E-state index is 5.28. The van der Waals surface area contributed by atoms with Crippen molar-refractivity contribution in [2.45, 2.75) is 25.2 Å². The Labute approximate surface area is 58.4 Å². The fourth-order valence-electron chi connectivity index (χ4n) is 1.07. The van der Waals surface area contributed by atoms with Gasteiger partial charge in [0.1, 0.15) is 0 Å². The minimum absolute atomic E-state index is 0.252. The normalized spacial score (nSPS) is 18.8. The molecule has 2 rings (SSSR count). The Hall–Kier alpha value is -1.06. The van der Waals surface area contributed by atoms with Gasteiger partial charge in [0.05, 0.1) is 0 Å². The highest BCUT2D eigenvalue weighted by Gasteiger charge is 2.24. The number of anilines is 1. The highest BCUT2D eigenvalue weighted by Crippen LogP contribution is 2.35. The van der Waals surface area contributed by atoms with Crippen molar-refractivity contribution in [3.8, 4) is 0 Å². The second-order valence-electron chi connectivity index (χ2n) is 2.62. The van der Waals surface area contributed by atoms with Crippen LogP contribution in [0, 0.1) is 0 Å². The summed E-state index contributed by atoms with van der Waals surface area (Å²) in [4.78, 5) is 3.93. The molecule has 1 aliphatic rings. The first kappa shape index (κ1) is 5.70. The SMILES string of the molecule is Nc1noc(C2CCC2)n1. The van der Waals surface area contributed by atoms with E-state index in [2.05, 4.69) is 10.1 Å². The van der Waals surface area contributed by atoms with Gasteiger partial charge in [-0.2, -0.15) is 4.98 Å². The molecule has 0 bridgehead atoms. The van der Waals surface area contributed by atoms with Gasteiger partial charge >= 0.3 is 0 Å². The number of hydrogen-bond donors (Lipinski definition) is 1. The van der Waals surface area contributed by atoms with E-state index in [1.165, 1.54) is 19.3 Å². The summed E-state index contributed by atoms with van der Waals surface area (Å²) in [7, 11) is 0. The zero-order valence-electron chi connectivity index (χ0n) is 5.58. The van der Waals surface area contributed by atoms with Crippen molar-refractivity contribution in [1.82, 2.24) is 10.1 Å². The van der Waals surface area contributed by atoms with E-state index in [4.69, 9.17) is 10.3 Å². The van der Waals surface area contributed by atoms with Crippen LogP contribution in [0.2, 0.25) is 0 Å². The van der Waals surface area contributed by atoms with Crippen LogP contribution in [0.15, 0.2) is 4.52 Å². The average Bonchev–Trinajstić information content (AvgIpc) is 2.10. The molecule has 0 saturated heterocycles. The molecule has 2 N–H and O–H groups in total. The van der Waals surface area contributed by atoms with Crippen LogP contribution < -0.4 is 5.73 Å². The molecule has 0 unspecified atom stereocenters. The minimum atomic E-state index is 0.252. The predicted octanol–water partition coefficient (Wildman–Crippen LogP) is 0.919. The third-order valence-electron chi connectivity index (χ3n) is 1.91. The van der Waals surface area contributed by atoms with E-state index in [0.717, 1.165) is 0 Å². The first-order chi connectivity index (χ1) is 4.86. The number of nitrogens with zero attached hydrogens (tertiary/aromatic N) is 2. The van der Waals surface area contributed by atoms with Gasteiger partial charge in [-0.3, -0.25) is 0 Å². The first-order valence-corrected chi connectivity index (χ1v) is 3.45. The Balaban J connectivity index is 2.17. The molecule has 0 radical (unpaired) electrons. The maximum Gasteiger partial charge on any atom is 0.260 e. The van der Waals surface area contributed by atoms with Crippen LogP contribution in [-0.4, -0.2) is 10.1 Å². The zero-order valence-corrected chi connectivity index (χ0v) is 5.58. The Bertz CT molecular complexity index is 229. The second-order valence-corrected chi connectivity index (χ2v) is 2.62. The van der Waals surface area contributed by atoms with E-state index < -0.39 is 0 Å². The first-order valence-electron chi connectivity index (χ1n) is 3.45. The van der Waals surface area contributed by atoms with Crippen LogP contribution >= 0.6 is 0 Å². The summed E-state index contributed by atoms with van der Waals surface area (Å²) in [6, 6.07) is 0. The molecule has 1 aromatic heterocycles. The van der Waals surface area contributed by atoms with E-state index in [9.17, 15) is 0 Å². The Morgan fingerprint density at radius 3 is 2.70 bits per heavy atom. The third-order valence-corrected chi connectivity index (χ3v) is 1.91. The molecule has 0 aliphatic heterocycles. The number of nitrogen functional groups attached to an aromatic ring is 1. The van der Waals surface area contributed by atoms with Crippen LogP contribution in [0.5, 0.6) is 0 Å². The lowest BCUT2D eigenvalue weighted by molar-refractivity contribution is 0.292. The van der Waals surface area contributed by atoms with Crippen LogP contribution in [0.1, 0.15) is 31.1 Å². The lowest BCUT2D eigenvalue weighted by Crippen LogP contribution is -2.08. The summed E-state index contributed by atoms with van der Waals surface area (Å²) < 4.78 is 4.88. The molecular formula is C6H9N3O. The number of nitrogens with two attached hydrogens (primary N) is 1. The molecule has 1 aromatic rings. The fraction of sp³-hybridized carbons (Fsp3) is 0.667. The molecule has 0 atom stereocenters. The number of hydrogen-bond acceptors (Lipinski definition) is 4. The van der Waals surface area contributed by atoms with E-state index in [-0.39, 0.29) is 5.95 Å². The molecule has 0 spiro atoms. The Kier molecular flexibility index (Phi) is 1.12. The quantitative estimate of drug-likeness (QED) is 0.628. The standard InChI is InChI=1S/C6H9N3O/c7-6-8-5(10-9-6)4-2-1-3-4/h4H,1-3H2,(H2,7,9). The largest absolute Gasteiger partial charge is 0.365 e. The summed E-state index contributed by atoms with van der Waals surface area (Å²) in [6.45, 7) is 0. The van der Waals surface area contributed by atoms with Gasteiger partial charge in [0.2, 0.25) is 5.89 Å². The average molecular weight is 139 g/mol. The summed E-state index contributed by atoms with van der Waals surface area (Å²) in [5.41, 5.74) is 5.28. The molecule has 1 heterocycles. The fourth-order valence-corrected chi connectivity index (χ4v) is 1.07. The van der Waals surface area contributed by atoms with E-state index >= 15 is 0 Å². The molecule has 1 saturated carbocycles. The molecule has 0 amide bonds. The van der Waals surface area contributed by atoms with E-state index in [1.807, 2.05) is 0 Å². The Morgan fingerprint density at radius 2 is 2.30 bits per heavy atom. The van der Waals surface area contributed by atoms with Gasteiger partial charge in [-0.05, 0) is 18.0 Å². The molecule has 10 heavy (non-hydrogen) atoms. The highest BCUT2D eigenvalue weighted by atomic mass is 16.5. The summed E-state index contributed by atoms with van der Waals surface area (Å²) in [5.74, 6) is 1.45. The van der Waals surface area contributed by atoms with Crippen molar-refractivity contribution in [2.24, 2.45) is 0 Å². The van der Waals surface area contributed by atoms with E-state index in [1.54, 1.807) is 0 Å². The zero-order chi connectivity index (χ0) is 6.97. The lowest BCUT2D eigenvalue weighted by Gasteiger charge is -2.20. The highest BCUT2D eigenvalue weighted by molar-refractivity contribution is 5.12. The van der Waals surface area contributed by atoms with Crippen molar-refractivity contribution in [1.29, 1.82) is 0 Å². The van der Waals surface area contributed by atoms with Gasteiger partial charge in [0, 0.05) is 5.92 Å². The molecule has 1 aliphatic carbocycles. The summed E-state index contributed by atoms with van der Waals surface area (Å²) >= 11 is 0. The topological polar surface area (TPSA) is 64.9 Å². The van der Waals surface area contributed by atoms with Crippen molar-refractivity contribution >= 4 is 5.95 Å². The predicted molar refractivity (Wildman–Crippen MR) is 35.3 cm³/mol. The molecular weight excluding hydrogens is 130 g/mol. The van der Waals surface area contributed by atoms with Gasteiger partial charge < -0.3 is 10.3 Å². The van der Waals surface area contributed by atoms with Crippen LogP contribution in [0.4, 0.5) is 5.95 Å². The van der Waals surface area contributed by atoms with Gasteiger partial charge in [-0.15, -0.1) is 0 Å². The summed E-state index contributed by atoms with van der Waals surface area (Å²) in [6.07, 6.45) is 3.61. The van der Waals surface area contributed by atoms with Crippen molar-refractivity contribution in [3.05, 3.63) is 5.89 Å². The molecule has 4 nitrogen and oxygen atoms in total. The van der Waals surface area contributed by atoms with E-state index in [0.29, 0.717) is 11.8 Å². The van der Waals surface area contributed by atoms with Crippen molar-refractivity contribution in [2.75, 3.05) is 5.73 Å².